The molecule has 0 aliphatic carbocycles. The molecule has 132 valence electrons. The molecule has 0 unspecified atom stereocenters. The highest BCUT2D eigenvalue weighted by Crippen LogP contribution is 2.37. The summed E-state index contributed by atoms with van der Waals surface area (Å²) < 4.78 is 20.4. The third kappa shape index (κ3) is 3.18. The van der Waals surface area contributed by atoms with Gasteiger partial charge >= 0.3 is 0 Å². The monoisotopic (exact) mass is 351 g/mol. The molecule has 0 saturated carbocycles. The van der Waals surface area contributed by atoms with E-state index in [4.69, 9.17) is 4.74 Å². The maximum atomic E-state index is 12.9. The standard InChI is InChI=1S/C20H18FN3O2/c1-24-20-18(11-22-24)17(10-19(25)23-20)14-4-8-16(9-5-14)26-12-13-2-6-15(21)7-3-13/h2-9,11,17H,10,12H2,1H3,(H,23,25)/t17-/m0/s1. The Labute approximate surface area is 150 Å². The molecule has 4 rings (SSSR count). The smallest absolute Gasteiger partial charge is 0.226 e. The number of nitrogens with one attached hydrogen (secondary N) is 1. The van der Waals surface area contributed by atoms with E-state index in [-0.39, 0.29) is 17.6 Å². The van der Waals surface area contributed by atoms with E-state index in [1.807, 2.05) is 31.3 Å². The van der Waals surface area contributed by atoms with E-state index >= 15 is 0 Å². The molecular formula is C20H18FN3O2. The van der Waals surface area contributed by atoms with Gasteiger partial charge < -0.3 is 10.1 Å². The van der Waals surface area contributed by atoms with Crippen molar-refractivity contribution in [3.63, 3.8) is 0 Å². The predicted octanol–water partition coefficient (Wildman–Crippen LogP) is 3.61. The summed E-state index contributed by atoms with van der Waals surface area (Å²) in [6, 6.07) is 14.0. The molecule has 0 fully saturated rings. The average Bonchev–Trinajstić information content (AvgIpc) is 3.02. The van der Waals surface area contributed by atoms with E-state index in [0.717, 1.165) is 28.3 Å². The van der Waals surface area contributed by atoms with E-state index in [1.54, 1.807) is 23.0 Å². The van der Waals surface area contributed by atoms with Gasteiger partial charge in [0, 0.05) is 24.9 Å². The maximum absolute atomic E-state index is 12.9. The second-order valence-corrected chi connectivity index (χ2v) is 6.36. The van der Waals surface area contributed by atoms with Gasteiger partial charge in [0.25, 0.3) is 0 Å². The Morgan fingerprint density at radius 2 is 1.92 bits per heavy atom. The zero-order valence-corrected chi connectivity index (χ0v) is 14.3. The molecule has 2 aromatic carbocycles. The zero-order valence-electron chi connectivity index (χ0n) is 14.3. The number of rotatable bonds is 4. The Balaban J connectivity index is 1.49. The lowest BCUT2D eigenvalue weighted by Gasteiger charge is -2.23. The van der Waals surface area contributed by atoms with Crippen LogP contribution in [0.5, 0.6) is 5.75 Å². The van der Waals surface area contributed by atoms with Crippen molar-refractivity contribution in [2.75, 3.05) is 5.32 Å². The zero-order chi connectivity index (χ0) is 18.1. The number of aryl methyl sites for hydroxylation is 1. The van der Waals surface area contributed by atoms with Crippen LogP contribution in [0.25, 0.3) is 0 Å². The van der Waals surface area contributed by atoms with E-state index in [0.29, 0.717) is 13.0 Å². The lowest BCUT2D eigenvalue weighted by atomic mass is 9.87. The Bertz CT molecular complexity index is 933. The van der Waals surface area contributed by atoms with Gasteiger partial charge in [-0.25, -0.2) is 4.39 Å². The minimum atomic E-state index is -0.260. The Morgan fingerprint density at radius 1 is 1.19 bits per heavy atom. The summed E-state index contributed by atoms with van der Waals surface area (Å²) in [5.74, 6) is 1.19. The summed E-state index contributed by atoms with van der Waals surface area (Å²) in [7, 11) is 1.81. The Kier molecular flexibility index (Phi) is 4.16. The van der Waals surface area contributed by atoms with Crippen molar-refractivity contribution in [2.24, 2.45) is 7.05 Å². The number of amides is 1. The van der Waals surface area contributed by atoms with Crippen LogP contribution in [0.15, 0.2) is 54.7 Å². The molecule has 6 heteroatoms. The van der Waals surface area contributed by atoms with Crippen LogP contribution in [-0.2, 0) is 18.4 Å². The van der Waals surface area contributed by atoms with Crippen molar-refractivity contribution >= 4 is 11.7 Å². The van der Waals surface area contributed by atoms with Crippen LogP contribution in [0.2, 0.25) is 0 Å². The van der Waals surface area contributed by atoms with Crippen molar-refractivity contribution in [3.05, 3.63) is 77.2 Å². The van der Waals surface area contributed by atoms with Crippen molar-refractivity contribution in [1.82, 2.24) is 9.78 Å². The number of ether oxygens (including phenoxy) is 1. The summed E-state index contributed by atoms with van der Waals surface area (Å²) in [5.41, 5.74) is 2.97. The molecule has 1 N–H and O–H groups in total. The van der Waals surface area contributed by atoms with Crippen LogP contribution in [0.3, 0.4) is 0 Å². The Morgan fingerprint density at radius 3 is 2.65 bits per heavy atom. The van der Waals surface area contributed by atoms with Crippen molar-refractivity contribution in [3.8, 4) is 5.75 Å². The molecule has 1 aliphatic rings. The number of anilines is 1. The fourth-order valence-corrected chi connectivity index (χ4v) is 3.18. The van der Waals surface area contributed by atoms with Crippen LogP contribution in [0, 0.1) is 5.82 Å². The van der Waals surface area contributed by atoms with Gasteiger partial charge in [-0.1, -0.05) is 24.3 Å². The second kappa shape index (κ2) is 6.63. The number of halogens is 1. The highest BCUT2D eigenvalue weighted by molar-refractivity contribution is 5.94. The summed E-state index contributed by atoms with van der Waals surface area (Å²) in [6.45, 7) is 0.373. The molecule has 0 spiro atoms. The summed E-state index contributed by atoms with van der Waals surface area (Å²) in [5, 5.41) is 7.12. The fourth-order valence-electron chi connectivity index (χ4n) is 3.18. The molecule has 1 amide bonds. The van der Waals surface area contributed by atoms with Crippen molar-refractivity contribution in [2.45, 2.75) is 18.9 Å². The molecule has 1 aromatic heterocycles. The number of carbonyl (C=O) groups excluding carboxylic acids is 1. The molecule has 1 aliphatic heterocycles. The molecule has 3 aromatic rings. The normalized spacial score (nSPS) is 16.1. The molecule has 2 heterocycles. The molecule has 5 nitrogen and oxygen atoms in total. The lowest BCUT2D eigenvalue weighted by molar-refractivity contribution is -0.116. The van der Waals surface area contributed by atoms with Crippen molar-refractivity contribution < 1.29 is 13.9 Å². The number of hydrogen-bond donors (Lipinski definition) is 1. The first-order valence-electron chi connectivity index (χ1n) is 8.39. The highest BCUT2D eigenvalue weighted by Gasteiger charge is 2.29. The van der Waals surface area contributed by atoms with Gasteiger partial charge in [0.2, 0.25) is 5.91 Å². The topological polar surface area (TPSA) is 56.2 Å². The van der Waals surface area contributed by atoms with Crippen LogP contribution >= 0.6 is 0 Å². The van der Waals surface area contributed by atoms with Gasteiger partial charge in [-0.05, 0) is 35.4 Å². The van der Waals surface area contributed by atoms with Gasteiger partial charge in [0.15, 0.2) is 0 Å². The number of carbonyl (C=O) groups is 1. The number of fused-ring (bicyclic) bond motifs is 1. The number of nitrogens with zero attached hydrogens (tertiary/aromatic N) is 2. The van der Waals surface area contributed by atoms with Gasteiger partial charge in [-0.15, -0.1) is 0 Å². The largest absolute Gasteiger partial charge is 0.489 e. The Hall–Kier alpha value is -3.15. The molecule has 1 atom stereocenters. The SMILES string of the molecule is Cn1ncc2c1NC(=O)C[C@H]2c1ccc(OCc2ccc(F)cc2)cc1. The number of benzene rings is 2. The molecule has 26 heavy (non-hydrogen) atoms. The van der Waals surface area contributed by atoms with E-state index < -0.39 is 0 Å². The highest BCUT2D eigenvalue weighted by atomic mass is 19.1. The maximum Gasteiger partial charge on any atom is 0.226 e. The van der Waals surface area contributed by atoms with Crippen LogP contribution in [0.4, 0.5) is 10.2 Å². The minimum Gasteiger partial charge on any atom is -0.489 e. The predicted molar refractivity (Wildman–Crippen MR) is 95.5 cm³/mol. The second-order valence-electron chi connectivity index (χ2n) is 6.36. The first-order chi connectivity index (χ1) is 12.6. The van der Waals surface area contributed by atoms with E-state index in [2.05, 4.69) is 10.4 Å². The number of hydrogen-bond acceptors (Lipinski definition) is 3. The first-order valence-corrected chi connectivity index (χ1v) is 8.39. The summed E-state index contributed by atoms with van der Waals surface area (Å²) in [6.07, 6.45) is 2.20. The fraction of sp³-hybridized carbons (Fsp3) is 0.200. The van der Waals surface area contributed by atoms with Crippen LogP contribution in [-0.4, -0.2) is 15.7 Å². The van der Waals surface area contributed by atoms with Gasteiger partial charge in [0.1, 0.15) is 24.0 Å². The van der Waals surface area contributed by atoms with Crippen molar-refractivity contribution in [1.29, 1.82) is 0 Å². The van der Waals surface area contributed by atoms with E-state index in [9.17, 15) is 9.18 Å². The quantitative estimate of drug-likeness (QED) is 0.781. The molecule has 0 bridgehead atoms. The molecule has 0 radical (unpaired) electrons. The molecular weight excluding hydrogens is 333 g/mol. The number of aromatic nitrogens is 2. The lowest BCUT2D eigenvalue weighted by Crippen LogP contribution is -2.24. The van der Waals surface area contributed by atoms with Crippen LogP contribution in [0.1, 0.15) is 29.0 Å². The van der Waals surface area contributed by atoms with Gasteiger partial charge in [-0.2, -0.15) is 5.10 Å². The first kappa shape index (κ1) is 16.3. The third-order valence-corrected chi connectivity index (χ3v) is 4.59. The van der Waals surface area contributed by atoms with Gasteiger partial charge in [-0.3, -0.25) is 9.48 Å². The summed E-state index contributed by atoms with van der Waals surface area (Å²) in [4.78, 5) is 12.0. The average molecular weight is 351 g/mol. The van der Waals surface area contributed by atoms with Gasteiger partial charge in [0.05, 0.1) is 6.20 Å². The molecule has 0 saturated heterocycles. The van der Waals surface area contributed by atoms with Crippen LogP contribution < -0.4 is 10.1 Å². The minimum absolute atomic E-state index is 0.0114. The summed E-state index contributed by atoms with van der Waals surface area (Å²) >= 11 is 0. The van der Waals surface area contributed by atoms with E-state index in [1.165, 1.54) is 12.1 Å². The third-order valence-electron chi connectivity index (χ3n) is 4.59.